The second kappa shape index (κ2) is 4.84. The van der Waals surface area contributed by atoms with Crippen molar-refractivity contribution < 1.29 is 4.79 Å². The number of rotatable bonds is 3. The Morgan fingerprint density at radius 3 is 3.00 bits per heavy atom. The van der Waals surface area contributed by atoms with Gasteiger partial charge in [-0.3, -0.25) is 4.79 Å². The van der Waals surface area contributed by atoms with Gasteiger partial charge in [-0.1, -0.05) is 0 Å². The molecule has 3 nitrogen and oxygen atoms in total. The summed E-state index contributed by atoms with van der Waals surface area (Å²) >= 11 is 4.95. The van der Waals surface area contributed by atoms with Gasteiger partial charge >= 0.3 is 0 Å². The Hall–Kier alpha value is -1.07. The minimum Gasteiger partial charge on any atom is -0.356 e. The fraction of sp³-hybridized carbons (Fsp3) is 0.182. The fourth-order valence-corrected chi connectivity index (χ4v) is 2.53. The minimum absolute atomic E-state index is 0.0847. The maximum Gasteiger partial charge on any atom is 0.268 e. The topological polar surface area (TPSA) is 44.9 Å². The Morgan fingerprint density at radius 2 is 2.44 bits per heavy atom. The molecule has 84 valence electrons. The molecule has 0 saturated carbocycles. The SMILES string of the molecule is Cc1ccsc1CNC(=O)c1cc(Br)c[nH]1. The second-order valence-corrected chi connectivity index (χ2v) is 5.36. The van der Waals surface area contributed by atoms with Crippen molar-refractivity contribution in [1.82, 2.24) is 10.3 Å². The normalized spacial score (nSPS) is 10.4. The van der Waals surface area contributed by atoms with Gasteiger partial charge in [0.1, 0.15) is 5.69 Å². The molecule has 0 spiro atoms. The number of carbonyl (C=O) groups is 1. The van der Waals surface area contributed by atoms with E-state index in [1.165, 1.54) is 10.4 Å². The van der Waals surface area contributed by atoms with Gasteiger partial charge in [-0.2, -0.15) is 0 Å². The molecule has 0 aliphatic heterocycles. The minimum atomic E-state index is -0.0847. The number of H-pyrrole nitrogens is 1. The third kappa shape index (κ3) is 2.54. The van der Waals surface area contributed by atoms with Crippen molar-refractivity contribution in [2.24, 2.45) is 0 Å². The molecule has 0 aliphatic rings. The molecule has 0 atom stereocenters. The van der Waals surface area contributed by atoms with Crippen molar-refractivity contribution in [1.29, 1.82) is 0 Å². The lowest BCUT2D eigenvalue weighted by molar-refractivity contribution is 0.0947. The summed E-state index contributed by atoms with van der Waals surface area (Å²) in [4.78, 5) is 15.8. The summed E-state index contributed by atoms with van der Waals surface area (Å²) in [5.41, 5.74) is 1.79. The molecule has 2 heterocycles. The molecular formula is C11H11BrN2OS. The smallest absolute Gasteiger partial charge is 0.268 e. The van der Waals surface area contributed by atoms with E-state index in [2.05, 4.69) is 32.3 Å². The lowest BCUT2D eigenvalue weighted by atomic mass is 10.3. The molecule has 0 saturated heterocycles. The predicted molar refractivity (Wildman–Crippen MR) is 68.7 cm³/mol. The average Bonchev–Trinajstić information content (AvgIpc) is 2.84. The van der Waals surface area contributed by atoms with Crippen molar-refractivity contribution >= 4 is 33.2 Å². The van der Waals surface area contributed by atoms with Gasteiger partial charge in [0.15, 0.2) is 0 Å². The van der Waals surface area contributed by atoms with Crippen LogP contribution < -0.4 is 5.32 Å². The Bertz CT molecular complexity index is 504. The molecule has 0 unspecified atom stereocenters. The highest BCUT2D eigenvalue weighted by molar-refractivity contribution is 9.10. The lowest BCUT2D eigenvalue weighted by Crippen LogP contribution is -2.22. The molecule has 0 fully saturated rings. The summed E-state index contributed by atoms with van der Waals surface area (Å²) in [6.07, 6.45) is 1.74. The van der Waals surface area contributed by atoms with E-state index in [9.17, 15) is 4.79 Å². The average molecular weight is 299 g/mol. The third-order valence-corrected chi connectivity index (χ3v) is 3.75. The number of hydrogen-bond donors (Lipinski definition) is 2. The number of hydrogen-bond acceptors (Lipinski definition) is 2. The van der Waals surface area contributed by atoms with Crippen LogP contribution in [0, 0.1) is 6.92 Å². The first kappa shape index (κ1) is 11.4. The van der Waals surface area contributed by atoms with Crippen molar-refractivity contribution in [3.8, 4) is 0 Å². The number of halogens is 1. The van der Waals surface area contributed by atoms with Gasteiger partial charge in [0.05, 0.1) is 6.54 Å². The summed E-state index contributed by atoms with van der Waals surface area (Å²) < 4.78 is 0.880. The predicted octanol–water partition coefficient (Wildman–Crippen LogP) is 3.08. The van der Waals surface area contributed by atoms with Crippen LogP contribution in [0.1, 0.15) is 20.9 Å². The van der Waals surface area contributed by atoms with Gasteiger partial charge in [-0.15, -0.1) is 11.3 Å². The summed E-state index contributed by atoms with van der Waals surface area (Å²) in [6.45, 7) is 2.63. The number of aromatic nitrogens is 1. The van der Waals surface area contributed by atoms with Crippen molar-refractivity contribution in [2.45, 2.75) is 13.5 Å². The monoisotopic (exact) mass is 298 g/mol. The molecule has 16 heavy (non-hydrogen) atoms. The van der Waals surface area contributed by atoms with Crippen LogP contribution in [-0.4, -0.2) is 10.9 Å². The molecule has 5 heteroatoms. The summed E-state index contributed by atoms with van der Waals surface area (Å²) in [6, 6.07) is 3.81. The lowest BCUT2D eigenvalue weighted by Gasteiger charge is -2.02. The first-order valence-corrected chi connectivity index (χ1v) is 6.49. The fourth-order valence-electron chi connectivity index (χ4n) is 1.34. The van der Waals surface area contributed by atoms with E-state index < -0.39 is 0 Å². The first-order valence-electron chi connectivity index (χ1n) is 4.82. The molecular weight excluding hydrogens is 288 g/mol. The number of aryl methyl sites for hydroxylation is 1. The summed E-state index contributed by atoms with van der Waals surface area (Å²) in [5, 5.41) is 4.90. The Balaban J connectivity index is 1.96. The van der Waals surface area contributed by atoms with E-state index in [0.29, 0.717) is 12.2 Å². The molecule has 2 aromatic heterocycles. The van der Waals surface area contributed by atoms with Crippen LogP contribution in [0.15, 0.2) is 28.2 Å². The van der Waals surface area contributed by atoms with E-state index in [1.54, 1.807) is 23.6 Å². The number of thiophene rings is 1. The van der Waals surface area contributed by atoms with E-state index in [-0.39, 0.29) is 5.91 Å². The molecule has 0 radical (unpaired) electrons. The molecule has 2 rings (SSSR count). The van der Waals surface area contributed by atoms with Gasteiger partial charge in [0.25, 0.3) is 5.91 Å². The van der Waals surface area contributed by atoms with Gasteiger partial charge in [0, 0.05) is 15.5 Å². The molecule has 1 amide bonds. The van der Waals surface area contributed by atoms with Crippen molar-refractivity contribution in [3.63, 3.8) is 0 Å². The maximum atomic E-state index is 11.7. The largest absolute Gasteiger partial charge is 0.356 e. The summed E-state index contributed by atoms with van der Waals surface area (Å²) in [5.74, 6) is -0.0847. The highest BCUT2D eigenvalue weighted by Crippen LogP contribution is 2.15. The maximum absolute atomic E-state index is 11.7. The highest BCUT2D eigenvalue weighted by Gasteiger charge is 2.08. The molecule has 2 aromatic rings. The van der Waals surface area contributed by atoms with Crippen LogP contribution >= 0.6 is 27.3 Å². The Labute approximate surface area is 106 Å². The van der Waals surface area contributed by atoms with Gasteiger partial charge in [-0.05, 0) is 45.9 Å². The number of carbonyl (C=O) groups excluding carboxylic acids is 1. The molecule has 0 aromatic carbocycles. The molecule has 0 bridgehead atoms. The number of amides is 1. The van der Waals surface area contributed by atoms with E-state index >= 15 is 0 Å². The zero-order valence-corrected chi connectivity index (χ0v) is 11.1. The number of aromatic amines is 1. The highest BCUT2D eigenvalue weighted by atomic mass is 79.9. The van der Waals surface area contributed by atoms with E-state index in [0.717, 1.165) is 4.47 Å². The quantitative estimate of drug-likeness (QED) is 0.899. The second-order valence-electron chi connectivity index (χ2n) is 3.44. The molecule has 0 aliphatic carbocycles. The van der Waals surface area contributed by atoms with E-state index in [1.807, 2.05) is 12.3 Å². The third-order valence-electron chi connectivity index (χ3n) is 2.27. The van der Waals surface area contributed by atoms with Crippen LogP contribution in [0.25, 0.3) is 0 Å². The Kier molecular flexibility index (Phi) is 3.46. The standard InChI is InChI=1S/C11H11BrN2OS/c1-7-2-3-16-10(7)6-14-11(15)9-4-8(12)5-13-9/h2-5,13H,6H2,1H3,(H,14,15). The van der Waals surface area contributed by atoms with Gasteiger partial charge < -0.3 is 10.3 Å². The molecule has 2 N–H and O–H groups in total. The van der Waals surface area contributed by atoms with Gasteiger partial charge in [0.2, 0.25) is 0 Å². The van der Waals surface area contributed by atoms with Crippen LogP contribution in [-0.2, 0) is 6.54 Å². The zero-order chi connectivity index (χ0) is 11.5. The van der Waals surface area contributed by atoms with Crippen LogP contribution in [0.5, 0.6) is 0 Å². The number of nitrogens with one attached hydrogen (secondary N) is 2. The van der Waals surface area contributed by atoms with Gasteiger partial charge in [-0.25, -0.2) is 0 Å². The van der Waals surface area contributed by atoms with E-state index in [4.69, 9.17) is 0 Å². The van der Waals surface area contributed by atoms with Crippen LogP contribution in [0.4, 0.5) is 0 Å². The zero-order valence-electron chi connectivity index (χ0n) is 8.71. The van der Waals surface area contributed by atoms with Crippen LogP contribution in [0.2, 0.25) is 0 Å². The first-order chi connectivity index (χ1) is 7.66. The van der Waals surface area contributed by atoms with Crippen LogP contribution in [0.3, 0.4) is 0 Å². The Morgan fingerprint density at radius 1 is 1.62 bits per heavy atom. The summed E-state index contributed by atoms with van der Waals surface area (Å²) in [7, 11) is 0. The van der Waals surface area contributed by atoms with Crippen molar-refractivity contribution in [2.75, 3.05) is 0 Å². The van der Waals surface area contributed by atoms with Crippen molar-refractivity contribution in [3.05, 3.63) is 44.3 Å².